The van der Waals surface area contributed by atoms with E-state index in [1.165, 1.54) is 5.56 Å². The molecule has 2 unspecified atom stereocenters. The largest absolute Gasteiger partial charge is 0.393 e. The summed E-state index contributed by atoms with van der Waals surface area (Å²) in [6.45, 7) is 1.56. The van der Waals surface area contributed by atoms with Gasteiger partial charge in [0.15, 0.2) is 0 Å². The summed E-state index contributed by atoms with van der Waals surface area (Å²) in [6.07, 6.45) is 1.31. The first-order valence-corrected chi connectivity index (χ1v) is 5.29. The molecule has 0 aromatic heterocycles. The van der Waals surface area contributed by atoms with Crippen LogP contribution in [0.2, 0.25) is 0 Å². The van der Waals surface area contributed by atoms with Crippen molar-refractivity contribution >= 4 is 0 Å². The van der Waals surface area contributed by atoms with E-state index < -0.39 is 5.60 Å². The Morgan fingerprint density at radius 1 is 1.40 bits per heavy atom. The fourth-order valence-electron chi connectivity index (χ4n) is 1.99. The minimum absolute atomic E-state index is 0.0650. The Balaban J connectivity index is 1.91. The number of epoxide rings is 2. The first-order valence-electron chi connectivity index (χ1n) is 5.29. The van der Waals surface area contributed by atoms with Gasteiger partial charge in [-0.25, -0.2) is 0 Å². The molecule has 2 heterocycles. The molecule has 0 radical (unpaired) electrons. The summed E-state index contributed by atoms with van der Waals surface area (Å²) in [4.78, 5) is 0. The molecule has 2 aliphatic heterocycles. The molecule has 2 atom stereocenters. The lowest BCUT2D eigenvalue weighted by Gasteiger charge is -2.13. The van der Waals surface area contributed by atoms with Crippen molar-refractivity contribution in [1.82, 2.24) is 0 Å². The van der Waals surface area contributed by atoms with Crippen molar-refractivity contribution in [3.8, 4) is 0 Å². The van der Waals surface area contributed by atoms with Crippen molar-refractivity contribution in [2.45, 2.75) is 18.1 Å². The van der Waals surface area contributed by atoms with Gasteiger partial charge in [0.05, 0.1) is 25.9 Å². The zero-order chi connectivity index (χ0) is 10.3. The summed E-state index contributed by atoms with van der Waals surface area (Å²) in [7, 11) is 0. The topological polar surface area (TPSA) is 45.3 Å². The highest BCUT2D eigenvalue weighted by atomic mass is 16.6. The van der Waals surface area contributed by atoms with Crippen LogP contribution in [-0.4, -0.2) is 31.0 Å². The van der Waals surface area contributed by atoms with Crippen LogP contribution in [0.4, 0.5) is 0 Å². The number of aliphatic hydroxyl groups is 1. The van der Waals surface area contributed by atoms with Gasteiger partial charge in [0.1, 0.15) is 5.60 Å². The Labute approximate surface area is 88.6 Å². The molecule has 2 aliphatic rings. The number of hydrogen-bond donors (Lipinski definition) is 1. The Hall–Kier alpha value is -0.900. The monoisotopic (exact) mass is 206 g/mol. The molecule has 1 N–H and O–H groups in total. The van der Waals surface area contributed by atoms with Gasteiger partial charge >= 0.3 is 0 Å². The second-order valence-corrected chi connectivity index (χ2v) is 4.26. The molecule has 0 bridgehead atoms. The summed E-state index contributed by atoms with van der Waals surface area (Å²) in [5.41, 5.74) is 1.96. The molecular weight excluding hydrogens is 192 g/mol. The van der Waals surface area contributed by atoms with Crippen LogP contribution in [0.25, 0.3) is 0 Å². The molecule has 3 rings (SSSR count). The van der Waals surface area contributed by atoms with E-state index in [0.717, 1.165) is 18.6 Å². The zero-order valence-electron chi connectivity index (χ0n) is 8.48. The van der Waals surface area contributed by atoms with Crippen LogP contribution in [-0.2, 0) is 21.5 Å². The van der Waals surface area contributed by atoms with Gasteiger partial charge in [-0.3, -0.25) is 0 Å². The Morgan fingerprint density at radius 2 is 2.13 bits per heavy atom. The molecule has 0 spiro atoms. The second-order valence-electron chi connectivity index (χ2n) is 4.26. The van der Waals surface area contributed by atoms with Gasteiger partial charge in [0, 0.05) is 6.42 Å². The van der Waals surface area contributed by atoms with Crippen molar-refractivity contribution in [3.05, 3.63) is 35.4 Å². The first kappa shape index (κ1) is 9.33. The normalized spacial score (nSPS) is 32.7. The fraction of sp³-hybridized carbons (Fsp3) is 0.500. The summed E-state index contributed by atoms with van der Waals surface area (Å²) < 4.78 is 10.6. The van der Waals surface area contributed by atoms with Gasteiger partial charge in [-0.2, -0.15) is 0 Å². The van der Waals surface area contributed by atoms with E-state index in [1.54, 1.807) is 0 Å². The summed E-state index contributed by atoms with van der Waals surface area (Å²) in [6, 6.07) is 8.15. The van der Waals surface area contributed by atoms with Gasteiger partial charge in [0.25, 0.3) is 0 Å². The van der Waals surface area contributed by atoms with E-state index in [9.17, 15) is 5.11 Å². The number of hydrogen-bond acceptors (Lipinski definition) is 3. The van der Waals surface area contributed by atoms with Crippen LogP contribution in [0.3, 0.4) is 0 Å². The lowest BCUT2D eigenvalue weighted by atomic mass is 9.93. The SMILES string of the molecule is OCC1(c2ccccc2CC2CO2)CO1. The van der Waals surface area contributed by atoms with Crippen LogP contribution in [0.1, 0.15) is 11.1 Å². The van der Waals surface area contributed by atoms with Gasteiger partial charge in [0.2, 0.25) is 0 Å². The number of benzene rings is 1. The van der Waals surface area contributed by atoms with E-state index >= 15 is 0 Å². The van der Waals surface area contributed by atoms with Crippen LogP contribution < -0.4 is 0 Å². The minimum Gasteiger partial charge on any atom is -0.393 e. The van der Waals surface area contributed by atoms with E-state index in [2.05, 4.69) is 6.07 Å². The summed E-state index contributed by atoms with van der Waals surface area (Å²) in [5.74, 6) is 0. The third-order valence-electron chi connectivity index (χ3n) is 3.11. The maximum atomic E-state index is 9.33. The fourth-order valence-corrected chi connectivity index (χ4v) is 1.99. The van der Waals surface area contributed by atoms with Crippen molar-refractivity contribution in [2.24, 2.45) is 0 Å². The van der Waals surface area contributed by atoms with E-state index in [4.69, 9.17) is 9.47 Å². The molecule has 3 nitrogen and oxygen atoms in total. The van der Waals surface area contributed by atoms with Gasteiger partial charge in [-0.1, -0.05) is 24.3 Å². The lowest BCUT2D eigenvalue weighted by Crippen LogP contribution is -2.17. The molecule has 1 aromatic carbocycles. The highest BCUT2D eigenvalue weighted by Crippen LogP contribution is 2.40. The standard InChI is InChI=1S/C12H14O3/c13-7-12(8-15-12)11-4-2-1-3-9(11)5-10-6-14-10/h1-4,10,13H,5-8H2. The van der Waals surface area contributed by atoms with Crippen LogP contribution in [0.5, 0.6) is 0 Å². The van der Waals surface area contributed by atoms with Crippen LogP contribution in [0, 0.1) is 0 Å². The highest BCUT2D eigenvalue weighted by Gasteiger charge is 2.47. The average Bonchev–Trinajstić information content (AvgIpc) is 3.14. The Bertz CT molecular complexity index is 367. The molecule has 0 aliphatic carbocycles. The van der Waals surface area contributed by atoms with Crippen molar-refractivity contribution in [2.75, 3.05) is 19.8 Å². The van der Waals surface area contributed by atoms with Crippen molar-refractivity contribution in [1.29, 1.82) is 0 Å². The van der Waals surface area contributed by atoms with Gasteiger partial charge in [-0.05, 0) is 11.1 Å². The van der Waals surface area contributed by atoms with Crippen LogP contribution >= 0.6 is 0 Å². The minimum atomic E-state index is -0.411. The zero-order valence-corrected chi connectivity index (χ0v) is 8.48. The summed E-state index contributed by atoms with van der Waals surface area (Å²) >= 11 is 0. The number of rotatable bonds is 4. The van der Waals surface area contributed by atoms with Crippen molar-refractivity contribution in [3.63, 3.8) is 0 Å². The van der Waals surface area contributed by atoms with Crippen molar-refractivity contribution < 1.29 is 14.6 Å². The highest BCUT2D eigenvalue weighted by molar-refractivity contribution is 5.36. The average molecular weight is 206 g/mol. The first-order chi connectivity index (χ1) is 7.34. The molecule has 0 saturated carbocycles. The Morgan fingerprint density at radius 3 is 2.73 bits per heavy atom. The number of ether oxygens (including phenoxy) is 2. The molecule has 3 heteroatoms. The summed E-state index contributed by atoms with van der Waals surface area (Å²) in [5, 5.41) is 9.33. The van der Waals surface area contributed by atoms with Gasteiger partial charge in [-0.15, -0.1) is 0 Å². The molecule has 80 valence electrons. The number of aliphatic hydroxyl groups excluding tert-OH is 1. The second kappa shape index (κ2) is 3.30. The predicted octanol–water partition coefficient (Wildman–Crippen LogP) is 0.846. The molecule has 1 aromatic rings. The quantitative estimate of drug-likeness (QED) is 0.743. The van der Waals surface area contributed by atoms with Crippen LogP contribution in [0.15, 0.2) is 24.3 Å². The molecular formula is C12H14O3. The maximum Gasteiger partial charge on any atom is 0.140 e. The Kier molecular flexibility index (Phi) is 2.06. The van der Waals surface area contributed by atoms with E-state index in [-0.39, 0.29) is 6.61 Å². The van der Waals surface area contributed by atoms with E-state index in [0.29, 0.717) is 12.7 Å². The smallest absolute Gasteiger partial charge is 0.140 e. The van der Waals surface area contributed by atoms with Gasteiger partial charge < -0.3 is 14.6 Å². The molecule has 0 amide bonds. The molecule has 2 saturated heterocycles. The maximum absolute atomic E-state index is 9.33. The molecule has 15 heavy (non-hydrogen) atoms. The third kappa shape index (κ3) is 1.67. The third-order valence-corrected chi connectivity index (χ3v) is 3.11. The lowest BCUT2D eigenvalue weighted by molar-refractivity contribution is 0.172. The predicted molar refractivity (Wildman–Crippen MR) is 54.6 cm³/mol. The van der Waals surface area contributed by atoms with E-state index in [1.807, 2.05) is 18.2 Å². The molecule has 2 fully saturated rings.